The van der Waals surface area contributed by atoms with Crippen molar-refractivity contribution < 1.29 is 28.0 Å². The zero-order valence-corrected chi connectivity index (χ0v) is 31.3. The van der Waals surface area contributed by atoms with Gasteiger partial charge in [-0.05, 0) is 55.5 Å². The van der Waals surface area contributed by atoms with Gasteiger partial charge in [0, 0.05) is 93.7 Å². The molecule has 0 radical (unpaired) electrons. The third-order valence-corrected chi connectivity index (χ3v) is 11.6. The second-order valence-corrected chi connectivity index (χ2v) is 15.1. The second kappa shape index (κ2) is 14.7. The van der Waals surface area contributed by atoms with Gasteiger partial charge in [0.2, 0.25) is 17.7 Å². The Kier molecular flexibility index (Phi) is 9.38. The Morgan fingerprint density at radius 1 is 0.930 bits per heavy atom. The maximum atomic E-state index is 14.7. The van der Waals surface area contributed by atoms with Gasteiger partial charge in [0.25, 0.3) is 5.91 Å². The van der Waals surface area contributed by atoms with Gasteiger partial charge in [-0.25, -0.2) is 18.7 Å². The first-order valence-electron chi connectivity index (χ1n) is 19.2. The summed E-state index contributed by atoms with van der Waals surface area (Å²) < 4.78 is 32.3. The van der Waals surface area contributed by atoms with Crippen LogP contribution >= 0.6 is 0 Å². The third kappa shape index (κ3) is 6.96. The molecule has 3 saturated heterocycles. The van der Waals surface area contributed by atoms with Crippen molar-refractivity contribution in [2.24, 2.45) is 0 Å². The average Bonchev–Trinajstić information content (AvgIpc) is 3.97. The van der Waals surface area contributed by atoms with Crippen LogP contribution in [0.5, 0.6) is 0 Å². The molecule has 294 valence electrons. The van der Waals surface area contributed by atoms with Crippen LogP contribution in [0.15, 0.2) is 61.3 Å². The molecule has 15 nitrogen and oxygen atoms in total. The number of anilines is 3. The molecule has 0 spiro atoms. The van der Waals surface area contributed by atoms with E-state index in [2.05, 4.69) is 35.5 Å². The lowest BCUT2D eigenvalue weighted by molar-refractivity contribution is -0.137. The maximum absolute atomic E-state index is 14.7. The lowest BCUT2D eigenvalue weighted by Crippen LogP contribution is -2.52. The number of fused-ring (bicyclic) bond motifs is 2. The van der Waals surface area contributed by atoms with E-state index in [9.17, 15) is 28.0 Å². The van der Waals surface area contributed by atoms with Crippen LogP contribution in [0, 0.1) is 18.6 Å². The predicted octanol–water partition coefficient (Wildman–Crippen LogP) is 3.67. The lowest BCUT2D eigenvalue weighted by atomic mass is 10.0. The Hall–Kier alpha value is -6.23. The number of hydrogen-bond acceptors (Lipinski definition) is 10. The van der Waals surface area contributed by atoms with Crippen LogP contribution in [0.1, 0.15) is 53.2 Å². The first kappa shape index (κ1) is 36.4. The van der Waals surface area contributed by atoms with E-state index in [0.29, 0.717) is 74.0 Å². The van der Waals surface area contributed by atoms with Crippen LogP contribution in [0.2, 0.25) is 0 Å². The largest absolute Gasteiger partial charge is 0.368 e. The van der Waals surface area contributed by atoms with Crippen molar-refractivity contribution in [1.29, 1.82) is 0 Å². The van der Waals surface area contributed by atoms with E-state index in [0.717, 1.165) is 48.9 Å². The summed E-state index contributed by atoms with van der Waals surface area (Å²) in [5, 5.41) is 10.2. The van der Waals surface area contributed by atoms with E-state index in [4.69, 9.17) is 0 Å². The van der Waals surface area contributed by atoms with E-state index in [1.807, 2.05) is 34.0 Å². The molecule has 2 aromatic carbocycles. The summed E-state index contributed by atoms with van der Waals surface area (Å²) in [5.74, 6) is -1.64. The Bertz CT molecular complexity index is 2420. The number of imide groups is 1. The van der Waals surface area contributed by atoms with E-state index in [-0.39, 0.29) is 35.7 Å². The smallest absolute Gasteiger partial charge is 0.255 e. The number of imidazole rings is 1. The highest BCUT2D eigenvalue weighted by Gasteiger charge is 2.39. The molecule has 0 aliphatic carbocycles. The molecule has 4 amide bonds. The maximum Gasteiger partial charge on any atom is 0.255 e. The zero-order chi connectivity index (χ0) is 39.4. The standard InChI is InChI=1S/C40H41F2N11O4/c1-24-16-30(32(42)18-31(24)41)34-20-44-37(38-43-8-11-51(34)38)46-26-19-45-53(22-26)27-6-9-48(10-7-27)23-36(55)50-14-12-49(13-15-50)28-3-2-25-21-52(40(57)29(25)17-28)33-4-5-35(54)47-39(33)56/h2-3,8,11,16-20,22,27,33H,4-7,9-10,12-15,21,23H2,1H3,(H,44,46)(H,47,54,56). The first-order chi connectivity index (χ1) is 27.6. The Labute approximate surface area is 326 Å². The number of amides is 4. The van der Waals surface area contributed by atoms with Crippen molar-refractivity contribution in [1.82, 2.24) is 44.2 Å². The normalized spacial score (nSPS) is 19.4. The number of benzene rings is 2. The monoisotopic (exact) mass is 777 g/mol. The molecular formula is C40H41F2N11O4. The molecule has 7 heterocycles. The van der Waals surface area contributed by atoms with Crippen LogP contribution in [-0.2, 0) is 20.9 Å². The third-order valence-electron chi connectivity index (χ3n) is 11.6. The zero-order valence-electron chi connectivity index (χ0n) is 31.3. The van der Waals surface area contributed by atoms with Gasteiger partial charge < -0.3 is 20.0 Å². The molecule has 0 saturated carbocycles. The van der Waals surface area contributed by atoms with Crippen molar-refractivity contribution >= 4 is 46.5 Å². The molecule has 9 rings (SSSR count). The van der Waals surface area contributed by atoms with Crippen molar-refractivity contribution in [3.05, 3.63) is 89.6 Å². The molecule has 5 aromatic rings. The lowest BCUT2D eigenvalue weighted by Gasteiger charge is -2.38. The van der Waals surface area contributed by atoms with Gasteiger partial charge >= 0.3 is 0 Å². The summed E-state index contributed by atoms with van der Waals surface area (Å²) in [6, 6.07) is 7.68. The van der Waals surface area contributed by atoms with Gasteiger partial charge in [0.1, 0.15) is 17.7 Å². The summed E-state index contributed by atoms with van der Waals surface area (Å²) in [5.41, 5.74) is 4.58. The van der Waals surface area contributed by atoms with E-state index in [1.165, 1.54) is 12.3 Å². The highest BCUT2D eigenvalue weighted by Crippen LogP contribution is 2.32. The topological polar surface area (TPSA) is 153 Å². The number of carbonyl (C=O) groups excluding carboxylic acids is 4. The van der Waals surface area contributed by atoms with E-state index < -0.39 is 23.6 Å². The van der Waals surface area contributed by atoms with Gasteiger partial charge in [-0.15, -0.1) is 0 Å². The fraction of sp³-hybridized carbons (Fsp3) is 0.375. The second-order valence-electron chi connectivity index (χ2n) is 15.1. The average molecular weight is 778 g/mol. The summed E-state index contributed by atoms with van der Waals surface area (Å²) in [4.78, 5) is 67.5. The van der Waals surface area contributed by atoms with Crippen molar-refractivity contribution in [3.63, 3.8) is 0 Å². The van der Waals surface area contributed by atoms with E-state index >= 15 is 0 Å². The fourth-order valence-electron chi connectivity index (χ4n) is 8.39. The minimum Gasteiger partial charge on any atom is -0.368 e. The summed E-state index contributed by atoms with van der Waals surface area (Å²) in [6.07, 6.45) is 10.7. The fourth-order valence-corrected chi connectivity index (χ4v) is 8.39. The quantitative estimate of drug-likeness (QED) is 0.223. The molecule has 4 aliphatic rings. The number of halogens is 2. The van der Waals surface area contributed by atoms with Gasteiger partial charge in [-0.3, -0.25) is 38.5 Å². The van der Waals surface area contributed by atoms with Gasteiger partial charge in [0.05, 0.1) is 36.4 Å². The predicted molar refractivity (Wildman–Crippen MR) is 205 cm³/mol. The Morgan fingerprint density at radius 2 is 1.74 bits per heavy atom. The van der Waals surface area contributed by atoms with Crippen molar-refractivity contribution in [2.75, 3.05) is 56.0 Å². The number of likely N-dealkylation sites (tertiary alicyclic amines) is 1. The molecule has 0 bridgehead atoms. The Morgan fingerprint density at radius 3 is 2.53 bits per heavy atom. The molecule has 17 heteroatoms. The minimum atomic E-state index is -0.679. The number of piperidine rings is 2. The number of aromatic nitrogens is 5. The summed E-state index contributed by atoms with van der Waals surface area (Å²) in [7, 11) is 0. The number of nitrogens with one attached hydrogen (secondary N) is 2. The molecule has 1 atom stereocenters. The molecule has 57 heavy (non-hydrogen) atoms. The number of piperazine rings is 1. The van der Waals surface area contributed by atoms with Crippen molar-refractivity contribution in [2.45, 2.75) is 51.2 Å². The molecule has 1 unspecified atom stereocenters. The summed E-state index contributed by atoms with van der Waals surface area (Å²) >= 11 is 0. The van der Waals surface area contributed by atoms with Crippen molar-refractivity contribution in [3.8, 4) is 11.3 Å². The van der Waals surface area contributed by atoms with Crippen LogP contribution in [-0.4, -0.2) is 114 Å². The highest BCUT2D eigenvalue weighted by molar-refractivity contribution is 6.05. The number of aryl methyl sites for hydroxylation is 1. The number of nitrogens with zero attached hydrogens (tertiary/aromatic N) is 9. The number of rotatable bonds is 8. The molecular weight excluding hydrogens is 737 g/mol. The number of hydrogen-bond donors (Lipinski definition) is 2. The molecule has 3 aromatic heterocycles. The van der Waals surface area contributed by atoms with Crippen LogP contribution in [0.25, 0.3) is 16.9 Å². The molecule has 3 fully saturated rings. The summed E-state index contributed by atoms with van der Waals surface area (Å²) in [6.45, 7) is 6.25. The number of carbonyl (C=O) groups is 4. The van der Waals surface area contributed by atoms with Gasteiger partial charge in [-0.1, -0.05) is 6.07 Å². The van der Waals surface area contributed by atoms with Crippen LogP contribution in [0.4, 0.5) is 26.0 Å². The SMILES string of the molecule is Cc1cc(-c2cnc(Nc3cnn(C4CCN(CC(=O)N5CCN(c6ccc7c(c6)C(=O)N(C6CCC(=O)NC6=O)C7)CC5)CC4)c3)c3nccn23)c(F)cc1F. The highest BCUT2D eigenvalue weighted by atomic mass is 19.1. The Balaban J connectivity index is 0.756. The van der Waals surface area contributed by atoms with Gasteiger partial charge in [-0.2, -0.15) is 5.10 Å². The molecule has 2 N–H and O–H groups in total. The van der Waals surface area contributed by atoms with E-state index in [1.54, 1.807) is 34.8 Å². The first-order valence-corrected chi connectivity index (χ1v) is 19.2. The minimum absolute atomic E-state index is 0.101. The van der Waals surface area contributed by atoms with Crippen LogP contribution < -0.4 is 15.5 Å². The van der Waals surface area contributed by atoms with Gasteiger partial charge in [0.15, 0.2) is 11.5 Å². The van der Waals surface area contributed by atoms with Crippen LogP contribution in [0.3, 0.4) is 0 Å². The molecule has 4 aliphatic heterocycles.